The molecule has 0 radical (unpaired) electrons. The normalized spacial score (nSPS) is 10.1. The maximum absolute atomic E-state index is 12.2. The van der Waals surface area contributed by atoms with Gasteiger partial charge in [-0.3, -0.25) is 9.59 Å². The molecule has 2 aromatic carbocycles. The van der Waals surface area contributed by atoms with Gasteiger partial charge in [-0.1, -0.05) is 25.1 Å². The number of amides is 4. The molecule has 0 aromatic heterocycles. The fourth-order valence-electron chi connectivity index (χ4n) is 2.77. The summed E-state index contributed by atoms with van der Waals surface area (Å²) in [4.78, 5) is 37.7. The molecule has 8 nitrogen and oxygen atoms in total. The molecule has 160 valence electrons. The van der Waals surface area contributed by atoms with Crippen LogP contribution in [0.5, 0.6) is 5.75 Å². The van der Waals surface area contributed by atoms with Crippen molar-refractivity contribution in [1.29, 1.82) is 0 Å². The Morgan fingerprint density at radius 1 is 1.00 bits per heavy atom. The molecular formula is C22H28N4O4. The Bertz CT molecular complexity index is 868. The second-order valence-electron chi connectivity index (χ2n) is 6.67. The minimum atomic E-state index is -0.412. The quantitative estimate of drug-likeness (QED) is 0.590. The van der Waals surface area contributed by atoms with Gasteiger partial charge in [0.1, 0.15) is 5.75 Å². The standard InChI is InChI=1S/C22H28N4O4/c1-4-16-7-5-6-8-19(16)25-20(27)15-26(2)21(28)13-14-23-22(29)24-17-9-11-18(30-3)12-10-17/h5-12H,4,13-15H2,1-3H3,(H,25,27)(H2,23,24,29). The molecule has 30 heavy (non-hydrogen) atoms. The number of hydrogen-bond donors (Lipinski definition) is 3. The highest BCUT2D eigenvalue weighted by Crippen LogP contribution is 2.16. The van der Waals surface area contributed by atoms with Gasteiger partial charge in [0, 0.05) is 31.4 Å². The van der Waals surface area contributed by atoms with Gasteiger partial charge < -0.3 is 25.6 Å². The molecule has 0 saturated heterocycles. The first kappa shape index (κ1) is 22.7. The number of ether oxygens (including phenoxy) is 1. The highest BCUT2D eigenvalue weighted by molar-refractivity contribution is 5.95. The Balaban J connectivity index is 1.71. The van der Waals surface area contributed by atoms with Crippen molar-refractivity contribution in [2.24, 2.45) is 0 Å². The van der Waals surface area contributed by atoms with E-state index in [-0.39, 0.29) is 31.3 Å². The van der Waals surface area contributed by atoms with Crippen LogP contribution in [0, 0.1) is 0 Å². The van der Waals surface area contributed by atoms with E-state index in [1.165, 1.54) is 4.90 Å². The van der Waals surface area contributed by atoms with Crippen molar-refractivity contribution in [3.8, 4) is 5.75 Å². The summed E-state index contributed by atoms with van der Waals surface area (Å²) in [6.45, 7) is 2.11. The van der Waals surface area contributed by atoms with Gasteiger partial charge in [0.25, 0.3) is 0 Å². The Morgan fingerprint density at radius 3 is 2.37 bits per heavy atom. The molecule has 0 fully saturated rings. The lowest BCUT2D eigenvalue weighted by Crippen LogP contribution is -2.37. The lowest BCUT2D eigenvalue weighted by atomic mass is 10.1. The van der Waals surface area contributed by atoms with Crippen LogP contribution in [-0.2, 0) is 16.0 Å². The Morgan fingerprint density at radius 2 is 1.70 bits per heavy atom. The van der Waals surface area contributed by atoms with Crippen molar-refractivity contribution in [3.05, 3.63) is 54.1 Å². The van der Waals surface area contributed by atoms with Crippen molar-refractivity contribution in [1.82, 2.24) is 10.2 Å². The molecule has 0 bridgehead atoms. The van der Waals surface area contributed by atoms with Gasteiger partial charge >= 0.3 is 6.03 Å². The average Bonchev–Trinajstić information content (AvgIpc) is 2.74. The summed E-state index contributed by atoms with van der Waals surface area (Å²) in [6, 6.07) is 14.0. The number of rotatable bonds is 9. The molecule has 0 heterocycles. The number of nitrogens with zero attached hydrogens (tertiary/aromatic N) is 1. The number of hydrogen-bond acceptors (Lipinski definition) is 4. The monoisotopic (exact) mass is 412 g/mol. The summed E-state index contributed by atoms with van der Waals surface area (Å²) < 4.78 is 5.06. The van der Waals surface area contributed by atoms with Gasteiger partial charge in [-0.2, -0.15) is 0 Å². The molecule has 8 heteroatoms. The van der Waals surface area contributed by atoms with Crippen LogP contribution >= 0.6 is 0 Å². The molecular weight excluding hydrogens is 384 g/mol. The molecule has 0 saturated carbocycles. The van der Waals surface area contributed by atoms with E-state index in [9.17, 15) is 14.4 Å². The number of para-hydroxylation sites is 1. The zero-order valence-corrected chi connectivity index (χ0v) is 17.5. The Labute approximate surface area is 176 Å². The van der Waals surface area contributed by atoms with Gasteiger partial charge in [-0.15, -0.1) is 0 Å². The average molecular weight is 412 g/mol. The highest BCUT2D eigenvalue weighted by Gasteiger charge is 2.14. The van der Waals surface area contributed by atoms with Crippen molar-refractivity contribution >= 4 is 29.2 Å². The van der Waals surface area contributed by atoms with E-state index in [1.54, 1.807) is 38.4 Å². The third kappa shape index (κ3) is 7.12. The van der Waals surface area contributed by atoms with E-state index in [0.717, 1.165) is 17.7 Å². The summed E-state index contributed by atoms with van der Waals surface area (Å²) >= 11 is 0. The zero-order chi connectivity index (χ0) is 21.9. The van der Waals surface area contributed by atoms with Crippen LogP contribution in [0.25, 0.3) is 0 Å². The Hall–Kier alpha value is -3.55. The van der Waals surface area contributed by atoms with Crippen molar-refractivity contribution in [2.75, 3.05) is 37.9 Å². The van der Waals surface area contributed by atoms with Crippen LogP contribution in [0.4, 0.5) is 16.2 Å². The number of urea groups is 1. The molecule has 0 spiro atoms. The van der Waals surface area contributed by atoms with Crippen LogP contribution < -0.4 is 20.7 Å². The first-order valence-electron chi connectivity index (χ1n) is 9.73. The maximum atomic E-state index is 12.2. The predicted molar refractivity (Wildman–Crippen MR) is 117 cm³/mol. The molecule has 0 aliphatic heterocycles. The number of carbonyl (C=O) groups excluding carboxylic acids is 3. The predicted octanol–water partition coefficient (Wildman–Crippen LogP) is 2.87. The fourth-order valence-corrected chi connectivity index (χ4v) is 2.77. The number of carbonyl (C=O) groups is 3. The van der Waals surface area contributed by atoms with E-state index in [2.05, 4.69) is 16.0 Å². The minimum Gasteiger partial charge on any atom is -0.497 e. The van der Waals surface area contributed by atoms with Crippen LogP contribution in [0.1, 0.15) is 18.9 Å². The number of anilines is 2. The van der Waals surface area contributed by atoms with E-state index in [4.69, 9.17) is 4.74 Å². The van der Waals surface area contributed by atoms with Gasteiger partial charge in [-0.05, 0) is 42.3 Å². The molecule has 4 amide bonds. The Kier molecular flexibility index (Phi) is 8.68. The summed E-state index contributed by atoms with van der Waals surface area (Å²) in [5, 5.41) is 8.13. The molecule has 2 rings (SSSR count). The number of aryl methyl sites for hydroxylation is 1. The lowest BCUT2D eigenvalue weighted by molar-refractivity contribution is -0.133. The van der Waals surface area contributed by atoms with E-state index >= 15 is 0 Å². The van der Waals surface area contributed by atoms with Gasteiger partial charge in [0.05, 0.1) is 13.7 Å². The third-order valence-electron chi connectivity index (χ3n) is 4.45. The number of nitrogens with one attached hydrogen (secondary N) is 3. The molecule has 0 unspecified atom stereocenters. The van der Waals surface area contributed by atoms with Crippen molar-refractivity contribution in [3.63, 3.8) is 0 Å². The van der Waals surface area contributed by atoms with Crippen molar-refractivity contribution < 1.29 is 19.1 Å². The van der Waals surface area contributed by atoms with E-state index < -0.39 is 6.03 Å². The summed E-state index contributed by atoms with van der Waals surface area (Å²) in [5.41, 5.74) is 2.40. The van der Waals surface area contributed by atoms with Crippen LogP contribution in [0.2, 0.25) is 0 Å². The second kappa shape index (κ2) is 11.5. The van der Waals surface area contributed by atoms with Gasteiger partial charge in [0.2, 0.25) is 11.8 Å². The molecule has 0 aliphatic carbocycles. The third-order valence-corrected chi connectivity index (χ3v) is 4.45. The number of likely N-dealkylation sites (N-methyl/N-ethyl adjacent to an activating group) is 1. The molecule has 3 N–H and O–H groups in total. The zero-order valence-electron chi connectivity index (χ0n) is 17.5. The van der Waals surface area contributed by atoms with Crippen LogP contribution in [-0.4, -0.2) is 50.0 Å². The number of methoxy groups -OCH3 is 1. The van der Waals surface area contributed by atoms with Gasteiger partial charge in [0.15, 0.2) is 0 Å². The summed E-state index contributed by atoms with van der Waals surface area (Å²) in [6.07, 6.45) is 0.890. The summed E-state index contributed by atoms with van der Waals surface area (Å²) in [5.74, 6) is 0.187. The van der Waals surface area contributed by atoms with E-state index in [1.807, 2.05) is 31.2 Å². The van der Waals surface area contributed by atoms with Crippen LogP contribution in [0.15, 0.2) is 48.5 Å². The minimum absolute atomic E-state index is 0.0606. The first-order valence-corrected chi connectivity index (χ1v) is 9.73. The van der Waals surface area contributed by atoms with Crippen LogP contribution in [0.3, 0.4) is 0 Å². The highest BCUT2D eigenvalue weighted by atomic mass is 16.5. The molecule has 2 aromatic rings. The molecule has 0 atom stereocenters. The summed E-state index contributed by atoms with van der Waals surface area (Å²) in [7, 11) is 3.13. The SMILES string of the molecule is CCc1ccccc1NC(=O)CN(C)C(=O)CCNC(=O)Nc1ccc(OC)cc1. The topological polar surface area (TPSA) is 99.8 Å². The largest absolute Gasteiger partial charge is 0.497 e. The lowest BCUT2D eigenvalue weighted by Gasteiger charge is -2.18. The maximum Gasteiger partial charge on any atom is 0.319 e. The fraction of sp³-hybridized carbons (Fsp3) is 0.318. The number of benzene rings is 2. The smallest absolute Gasteiger partial charge is 0.319 e. The molecule has 0 aliphatic rings. The van der Waals surface area contributed by atoms with Crippen molar-refractivity contribution in [2.45, 2.75) is 19.8 Å². The second-order valence-corrected chi connectivity index (χ2v) is 6.67. The van der Waals surface area contributed by atoms with E-state index in [0.29, 0.717) is 11.4 Å². The van der Waals surface area contributed by atoms with Gasteiger partial charge in [-0.25, -0.2) is 4.79 Å². The first-order chi connectivity index (χ1) is 14.4.